The molecule has 0 aliphatic rings. The molecule has 0 bridgehead atoms. The predicted octanol–water partition coefficient (Wildman–Crippen LogP) is 3.24. The molecule has 1 aromatic heterocycles. The maximum Gasteiger partial charge on any atom is 0.181 e. The zero-order valence-electron chi connectivity index (χ0n) is 10.1. The van der Waals surface area contributed by atoms with Crippen molar-refractivity contribution in [3.8, 4) is 17.1 Å². The van der Waals surface area contributed by atoms with Crippen LogP contribution in [0.1, 0.15) is 5.82 Å². The van der Waals surface area contributed by atoms with Crippen molar-refractivity contribution in [2.75, 3.05) is 0 Å². The van der Waals surface area contributed by atoms with Crippen LogP contribution >= 0.6 is 0 Å². The van der Waals surface area contributed by atoms with Crippen LogP contribution in [0.15, 0.2) is 60.7 Å². The van der Waals surface area contributed by atoms with Crippen molar-refractivity contribution < 1.29 is 0 Å². The lowest BCUT2D eigenvalue weighted by Crippen LogP contribution is -1.98. The van der Waals surface area contributed by atoms with Crippen LogP contribution in [0.2, 0.25) is 0 Å². The van der Waals surface area contributed by atoms with Crippen LogP contribution in [0.3, 0.4) is 0 Å². The van der Waals surface area contributed by atoms with Crippen LogP contribution in [0.5, 0.6) is 0 Å². The van der Waals surface area contributed by atoms with Gasteiger partial charge in [-0.2, -0.15) is 0 Å². The molecule has 3 aromatic rings. The lowest BCUT2D eigenvalue weighted by atomic mass is 10.2. The summed E-state index contributed by atoms with van der Waals surface area (Å²) in [4.78, 5) is 4.51. The molecule has 2 aromatic carbocycles. The first kappa shape index (κ1) is 10.7. The van der Waals surface area contributed by atoms with Gasteiger partial charge in [0.25, 0.3) is 0 Å². The SMILES string of the molecule is Cc1nc(-c2ccccc2)nn1-c1ccccc1. The van der Waals surface area contributed by atoms with E-state index in [2.05, 4.69) is 10.1 Å². The van der Waals surface area contributed by atoms with Crippen molar-refractivity contribution >= 4 is 0 Å². The largest absolute Gasteiger partial charge is 0.218 e. The molecule has 3 nitrogen and oxygen atoms in total. The maximum absolute atomic E-state index is 4.56. The average Bonchev–Trinajstić information content (AvgIpc) is 2.83. The van der Waals surface area contributed by atoms with Crippen LogP contribution in [-0.4, -0.2) is 14.8 Å². The average molecular weight is 235 g/mol. The topological polar surface area (TPSA) is 30.7 Å². The molecular weight excluding hydrogens is 222 g/mol. The van der Waals surface area contributed by atoms with Gasteiger partial charge in [-0.3, -0.25) is 0 Å². The van der Waals surface area contributed by atoms with Gasteiger partial charge in [0, 0.05) is 5.56 Å². The Balaban J connectivity index is 2.07. The summed E-state index contributed by atoms with van der Waals surface area (Å²) in [5.41, 5.74) is 2.07. The summed E-state index contributed by atoms with van der Waals surface area (Å²) < 4.78 is 1.86. The highest BCUT2D eigenvalue weighted by molar-refractivity contribution is 5.54. The first-order chi connectivity index (χ1) is 8.84. The minimum absolute atomic E-state index is 0.761. The number of aryl methyl sites for hydroxylation is 1. The van der Waals surface area contributed by atoms with Gasteiger partial charge in [0.1, 0.15) is 5.82 Å². The van der Waals surface area contributed by atoms with Crippen LogP contribution in [0.4, 0.5) is 0 Å². The van der Waals surface area contributed by atoms with Gasteiger partial charge in [0.2, 0.25) is 0 Å². The van der Waals surface area contributed by atoms with E-state index in [0.717, 1.165) is 22.9 Å². The van der Waals surface area contributed by atoms with Crippen LogP contribution in [0, 0.1) is 6.92 Å². The highest BCUT2D eigenvalue weighted by atomic mass is 15.3. The van der Waals surface area contributed by atoms with Crippen LogP contribution in [-0.2, 0) is 0 Å². The molecule has 0 aliphatic heterocycles. The molecule has 0 spiro atoms. The molecule has 88 valence electrons. The molecule has 0 amide bonds. The fraction of sp³-hybridized carbons (Fsp3) is 0.0667. The molecule has 18 heavy (non-hydrogen) atoms. The van der Waals surface area contributed by atoms with Gasteiger partial charge in [0.05, 0.1) is 5.69 Å². The number of rotatable bonds is 2. The Labute approximate surface area is 106 Å². The maximum atomic E-state index is 4.56. The first-order valence-corrected chi connectivity index (χ1v) is 5.89. The molecule has 1 heterocycles. The first-order valence-electron chi connectivity index (χ1n) is 5.89. The van der Waals surface area contributed by atoms with Crippen molar-refractivity contribution in [3.63, 3.8) is 0 Å². The zero-order valence-corrected chi connectivity index (χ0v) is 10.1. The molecule has 0 radical (unpaired) electrons. The van der Waals surface area contributed by atoms with Gasteiger partial charge in [-0.25, -0.2) is 9.67 Å². The van der Waals surface area contributed by atoms with E-state index in [0.29, 0.717) is 0 Å². The van der Waals surface area contributed by atoms with Gasteiger partial charge in [0.15, 0.2) is 5.82 Å². The fourth-order valence-corrected chi connectivity index (χ4v) is 1.91. The Bertz CT molecular complexity index is 642. The van der Waals surface area contributed by atoms with Gasteiger partial charge >= 0.3 is 0 Å². The molecule has 0 fully saturated rings. The van der Waals surface area contributed by atoms with Crippen molar-refractivity contribution in [1.82, 2.24) is 14.8 Å². The third kappa shape index (κ3) is 1.91. The monoisotopic (exact) mass is 235 g/mol. The minimum Gasteiger partial charge on any atom is -0.218 e. The third-order valence-corrected chi connectivity index (χ3v) is 2.80. The number of hydrogen-bond acceptors (Lipinski definition) is 2. The van der Waals surface area contributed by atoms with Crippen LogP contribution in [0.25, 0.3) is 17.1 Å². The molecule has 0 aliphatic carbocycles. The van der Waals surface area contributed by atoms with E-state index in [-0.39, 0.29) is 0 Å². The van der Waals surface area contributed by atoms with Gasteiger partial charge in [-0.05, 0) is 19.1 Å². The summed E-state index contributed by atoms with van der Waals surface area (Å²) in [5, 5.41) is 4.56. The number of hydrogen-bond donors (Lipinski definition) is 0. The molecular formula is C15H13N3. The van der Waals surface area contributed by atoms with Gasteiger partial charge < -0.3 is 0 Å². The fourth-order valence-electron chi connectivity index (χ4n) is 1.91. The summed E-state index contributed by atoms with van der Waals surface area (Å²) >= 11 is 0. The normalized spacial score (nSPS) is 10.5. The molecule has 3 rings (SSSR count). The van der Waals surface area contributed by atoms with Crippen LogP contribution < -0.4 is 0 Å². The van der Waals surface area contributed by atoms with E-state index in [1.807, 2.05) is 72.3 Å². The number of benzene rings is 2. The predicted molar refractivity (Wildman–Crippen MR) is 71.5 cm³/mol. The lowest BCUT2D eigenvalue weighted by molar-refractivity contribution is 0.842. The van der Waals surface area contributed by atoms with Crippen molar-refractivity contribution in [2.24, 2.45) is 0 Å². The summed E-state index contributed by atoms with van der Waals surface area (Å²) in [5.74, 6) is 1.65. The van der Waals surface area contributed by atoms with E-state index in [9.17, 15) is 0 Å². The Morgan fingerprint density at radius 3 is 2.11 bits per heavy atom. The summed E-state index contributed by atoms with van der Waals surface area (Å²) in [7, 11) is 0. The Morgan fingerprint density at radius 1 is 0.833 bits per heavy atom. The Morgan fingerprint density at radius 2 is 1.44 bits per heavy atom. The number of nitrogens with zero attached hydrogens (tertiary/aromatic N) is 3. The summed E-state index contributed by atoms with van der Waals surface area (Å²) in [6, 6.07) is 20.1. The second-order valence-corrected chi connectivity index (χ2v) is 4.10. The van der Waals surface area contributed by atoms with Gasteiger partial charge in [-0.15, -0.1) is 5.10 Å². The standard InChI is InChI=1S/C15H13N3/c1-12-16-15(13-8-4-2-5-9-13)17-18(12)14-10-6-3-7-11-14/h2-11H,1H3. The molecule has 0 saturated carbocycles. The van der Waals surface area contributed by atoms with E-state index in [4.69, 9.17) is 0 Å². The molecule has 3 heteroatoms. The lowest BCUT2D eigenvalue weighted by Gasteiger charge is -2.01. The van der Waals surface area contributed by atoms with E-state index >= 15 is 0 Å². The molecule has 0 N–H and O–H groups in total. The minimum atomic E-state index is 0.761. The highest BCUT2D eigenvalue weighted by Gasteiger charge is 2.08. The third-order valence-electron chi connectivity index (χ3n) is 2.80. The molecule has 0 saturated heterocycles. The molecule has 0 unspecified atom stereocenters. The molecule has 0 atom stereocenters. The quantitative estimate of drug-likeness (QED) is 0.682. The number of aromatic nitrogens is 3. The van der Waals surface area contributed by atoms with Crippen molar-refractivity contribution in [2.45, 2.75) is 6.92 Å². The van der Waals surface area contributed by atoms with E-state index in [1.165, 1.54) is 0 Å². The summed E-state index contributed by atoms with van der Waals surface area (Å²) in [6.45, 7) is 1.96. The summed E-state index contributed by atoms with van der Waals surface area (Å²) in [6.07, 6.45) is 0. The Kier molecular flexibility index (Phi) is 2.65. The zero-order chi connectivity index (χ0) is 12.4. The van der Waals surface area contributed by atoms with Crippen molar-refractivity contribution in [3.05, 3.63) is 66.5 Å². The van der Waals surface area contributed by atoms with Gasteiger partial charge in [-0.1, -0.05) is 48.5 Å². The van der Waals surface area contributed by atoms with Crippen molar-refractivity contribution in [1.29, 1.82) is 0 Å². The smallest absolute Gasteiger partial charge is 0.181 e. The second-order valence-electron chi connectivity index (χ2n) is 4.10. The van der Waals surface area contributed by atoms with E-state index in [1.54, 1.807) is 0 Å². The number of para-hydroxylation sites is 1. The highest BCUT2D eigenvalue weighted by Crippen LogP contribution is 2.17. The Hall–Kier alpha value is -2.42. The van der Waals surface area contributed by atoms with E-state index < -0.39 is 0 Å². The second kappa shape index (κ2) is 4.45.